The second kappa shape index (κ2) is 6.30. The third-order valence-electron chi connectivity index (χ3n) is 4.35. The molecule has 0 spiro atoms. The molecule has 2 N–H and O–H groups in total. The van der Waals surface area contributed by atoms with Gasteiger partial charge in [0.2, 0.25) is 6.10 Å². The molecule has 2 aromatic heterocycles. The van der Waals surface area contributed by atoms with Crippen LogP contribution < -0.4 is 11.2 Å². The molecule has 0 bridgehead atoms. The summed E-state index contributed by atoms with van der Waals surface area (Å²) in [6, 6.07) is 0. The second-order valence-electron chi connectivity index (χ2n) is 6.25. The fourth-order valence-electron chi connectivity index (χ4n) is 3.38. The lowest BCUT2D eigenvalue weighted by Crippen LogP contribution is -2.36. The lowest BCUT2D eigenvalue weighted by atomic mass is 10.1. The van der Waals surface area contributed by atoms with Crippen molar-refractivity contribution in [1.29, 1.82) is 0 Å². The average Bonchev–Trinajstić information content (AvgIpc) is 3.22. The van der Waals surface area contributed by atoms with Crippen molar-refractivity contribution in [3.05, 3.63) is 27.2 Å². The molecule has 0 saturated carbocycles. The van der Waals surface area contributed by atoms with Gasteiger partial charge in [-0.15, -0.1) is 0 Å². The summed E-state index contributed by atoms with van der Waals surface area (Å²) < 4.78 is 22.5. The Morgan fingerprint density at radius 2 is 1.82 bits per heavy atom. The quantitative estimate of drug-likeness (QED) is 0.442. The third kappa shape index (κ3) is 2.76. The molecule has 4 rings (SSSR count). The van der Waals surface area contributed by atoms with Gasteiger partial charge in [0.05, 0.1) is 0 Å². The number of aromatic amines is 2. The van der Waals surface area contributed by atoms with E-state index in [2.05, 4.69) is 15.0 Å². The van der Waals surface area contributed by atoms with Crippen LogP contribution in [0.3, 0.4) is 0 Å². The number of ether oxygens (including phenoxy) is 4. The minimum atomic E-state index is -1.35. The van der Waals surface area contributed by atoms with Crippen LogP contribution in [-0.4, -0.2) is 61.8 Å². The van der Waals surface area contributed by atoms with E-state index in [0.29, 0.717) is 0 Å². The van der Waals surface area contributed by atoms with Gasteiger partial charge in [-0.2, -0.15) is 0 Å². The third-order valence-corrected chi connectivity index (χ3v) is 4.35. The van der Waals surface area contributed by atoms with Gasteiger partial charge in [0, 0.05) is 13.8 Å². The first-order chi connectivity index (χ1) is 13.3. The second-order valence-corrected chi connectivity index (χ2v) is 6.25. The maximum Gasteiger partial charge on any atom is 0.350 e. The lowest BCUT2D eigenvalue weighted by molar-refractivity contribution is -0.174. The largest absolute Gasteiger partial charge is 0.454 e. The number of H-pyrrole nitrogens is 2. The van der Waals surface area contributed by atoms with Crippen molar-refractivity contribution >= 4 is 29.1 Å². The molecule has 0 aliphatic carbocycles. The van der Waals surface area contributed by atoms with Crippen LogP contribution in [0.4, 0.5) is 0 Å². The number of hydrogen-bond acceptors (Lipinski definition) is 10. The summed E-state index contributed by atoms with van der Waals surface area (Å²) in [5.41, 5.74) is -1.54. The van der Waals surface area contributed by atoms with E-state index in [1.165, 1.54) is 10.9 Å². The number of carbonyl (C=O) groups is 3. The van der Waals surface area contributed by atoms with E-state index in [1.807, 2.05) is 0 Å². The first-order valence-electron chi connectivity index (χ1n) is 8.16. The fraction of sp³-hybridized carbons (Fsp3) is 0.467. The van der Waals surface area contributed by atoms with E-state index in [0.717, 1.165) is 13.8 Å². The van der Waals surface area contributed by atoms with Gasteiger partial charge in [-0.05, 0) is 0 Å². The molecule has 5 atom stereocenters. The van der Waals surface area contributed by atoms with E-state index in [1.54, 1.807) is 0 Å². The number of carbonyl (C=O) groups excluding carboxylic acids is 3. The van der Waals surface area contributed by atoms with Gasteiger partial charge in [0.1, 0.15) is 12.4 Å². The maximum absolute atomic E-state index is 12.2. The summed E-state index contributed by atoms with van der Waals surface area (Å²) in [6.07, 6.45) is -4.54. The molecule has 2 saturated heterocycles. The standard InChI is InChI=1S/C15H14N4O9/c1-4(20)25-9-7-8(10(14(23)28-7)26-5(2)21)27-13(9)19-3-16-11-6(19)12(22)18-15(24)17-11/h3,7-10,13H,1-2H3,(H2,17,18,22,24)/t7-,8+,9-,10+,13+/m1/s1. The Hall–Kier alpha value is -3.48. The van der Waals surface area contributed by atoms with Crippen LogP contribution in [0.15, 0.2) is 15.9 Å². The smallest absolute Gasteiger partial charge is 0.350 e. The number of nitrogens with one attached hydrogen (secondary N) is 2. The van der Waals surface area contributed by atoms with Crippen molar-refractivity contribution in [3.63, 3.8) is 0 Å². The van der Waals surface area contributed by atoms with Gasteiger partial charge >= 0.3 is 23.6 Å². The number of esters is 3. The van der Waals surface area contributed by atoms with Gasteiger partial charge in [-0.3, -0.25) is 28.9 Å². The lowest BCUT2D eigenvalue weighted by Gasteiger charge is -2.22. The molecule has 148 valence electrons. The molecule has 2 aliphatic heterocycles. The summed E-state index contributed by atoms with van der Waals surface area (Å²) >= 11 is 0. The predicted octanol–water partition coefficient (Wildman–Crippen LogP) is -1.90. The Kier molecular flexibility index (Phi) is 4.03. The highest BCUT2D eigenvalue weighted by atomic mass is 16.7. The van der Waals surface area contributed by atoms with E-state index in [9.17, 15) is 24.0 Å². The molecule has 2 aromatic rings. The summed E-state index contributed by atoms with van der Waals surface area (Å²) in [6.45, 7) is 2.27. The van der Waals surface area contributed by atoms with E-state index >= 15 is 0 Å². The Balaban J connectivity index is 1.78. The highest BCUT2D eigenvalue weighted by molar-refractivity contribution is 5.82. The van der Waals surface area contributed by atoms with E-state index in [-0.39, 0.29) is 11.2 Å². The maximum atomic E-state index is 12.2. The average molecular weight is 394 g/mol. The SMILES string of the molecule is CC(=O)O[C@@H]1[C@@H]2OC(=O)[C@@H](OC(C)=O)[C@H]2O[C@@H]1n1cnc2[nH]c(=O)[nH]c(=O)c21. The molecule has 28 heavy (non-hydrogen) atoms. The molecule has 0 aromatic carbocycles. The predicted molar refractivity (Wildman–Crippen MR) is 85.9 cm³/mol. The van der Waals surface area contributed by atoms with Crippen molar-refractivity contribution in [2.24, 2.45) is 0 Å². The van der Waals surface area contributed by atoms with Gasteiger partial charge < -0.3 is 18.9 Å². The van der Waals surface area contributed by atoms with Crippen LogP contribution >= 0.6 is 0 Å². The monoisotopic (exact) mass is 394 g/mol. The summed E-state index contributed by atoms with van der Waals surface area (Å²) in [5.74, 6) is -2.24. The van der Waals surface area contributed by atoms with Crippen LogP contribution in [0.1, 0.15) is 20.1 Å². The summed E-state index contributed by atoms with van der Waals surface area (Å²) in [4.78, 5) is 66.9. The van der Waals surface area contributed by atoms with Crippen LogP contribution in [0.5, 0.6) is 0 Å². The topological polar surface area (TPSA) is 172 Å². The Morgan fingerprint density at radius 1 is 1.11 bits per heavy atom. The zero-order valence-electron chi connectivity index (χ0n) is 14.5. The minimum Gasteiger partial charge on any atom is -0.454 e. The number of nitrogens with zero attached hydrogens (tertiary/aromatic N) is 2. The van der Waals surface area contributed by atoms with Crippen LogP contribution in [0, 0.1) is 0 Å². The molecule has 2 fully saturated rings. The fourth-order valence-corrected chi connectivity index (χ4v) is 3.38. The highest BCUT2D eigenvalue weighted by Crippen LogP contribution is 2.40. The van der Waals surface area contributed by atoms with E-state index < -0.39 is 59.8 Å². The van der Waals surface area contributed by atoms with Gasteiger partial charge in [0.25, 0.3) is 5.56 Å². The first kappa shape index (κ1) is 17.9. The Bertz CT molecular complexity index is 1100. The Morgan fingerprint density at radius 3 is 2.50 bits per heavy atom. The van der Waals surface area contributed by atoms with Crippen molar-refractivity contribution in [3.8, 4) is 0 Å². The zero-order valence-corrected chi connectivity index (χ0v) is 14.5. The molecule has 0 unspecified atom stereocenters. The summed E-state index contributed by atoms with van der Waals surface area (Å²) in [5, 5.41) is 0. The van der Waals surface area contributed by atoms with Gasteiger partial charge in [-0.1, -0.05) is 0 Å². The van der Waals surface area contributed by atoms with Crippen molar-refractivity contribution in [2.75, 3.05) is 0 Å². The zero-order chi connectivity index (χ0) is 20.2. The summed E-state index contributed by atoms with van der Waals surface area (Å²) in [7, 11) is 0. The minimum absolute atomic E-state index is 0.00971. The molecule has 13 heteroatoms. The number of imidazole rings is 1. The normalized spacial score (nSPS) is 28.8. The molecule has 2 aliphatic rings. The van der Waals surface area contributed by atoms with Crippen LogP contribution in [0.25, 0.3) is 11.2 Å². The molecule has 0 amide bonds. The number of hydrogen-bond donors (Lipinski definition) is 2. The highest BCUT2D eigenvalue weighted by Gasteiger charge is 2.61. The first-order valence-corrected chi connectivity index (χ1v) is 8.16. The molecular formula is C15H14N4O9. The number of aromatic nitrogens is 4. The van der Waals surface area contributed by atoms with Crippen molar-refractivity contribution in [1.82, 2.24) is 19.5 Å². The van der Waals surface area contributed by atoms with Gasteiger partial charge in [-0.25, -0.2) is 14.6 Å². The Labute approximate surface area is 154 Å². The number of rotatable bonds is 3. The molecule has 0 radical (unpaired) electrons. The van der Waals surface area contributed by atoms with Crippen LogP contribution in [-0.2, 0) is 33.3 Å². The molecule has 13 nitrogen and oxygen atoms in total. The van der Waals surface area contributed by atoms with Gasteiger partial charge in [0.15, 0.2) is 29.6 Å². The number of fused-ring (bicyclic) bond motifs is 2. The van der Waals surface area contributed by atoms with E-state index in [4.69, 9.17) is 18.9 Å². The van der Waals surface area contributed by atoms with Crippen molar-refractivity contribution in [2.45, 2.75) is 44.5 Å². The molecular weight excluding hydrogens is 380 g/mol. The van der Waals surface area contributed by atoms with Crippen molar-refractivity contribution < 1.29 is 33.3 Å². The molecule has 4 heterocycles. The van der Waals surface area contributed by atoms with Crippen LogP contribution in [0.2, 0.25) is 0 Å².